The lowest BCUT2D eigenvalue weighted by molar-refractivity contribution is -0.123. The van der Waals surface area contributed by atoms with E-state index in [1.165, 1.54) is 6.07 Å². The van der Waals surface area contributed by atoms with Gasteiger partial charge in [-0.15, -0.1) is 0 Å². The first-order valence-corrected chi connectivity index (χ1v) is 7.45. The van der Waals surface area contributed by atoms with Gasteiger partial charge in [0.15, 0.2) is 6.61 Å². The Kier molecular flexibility index (Phi) is 5.84. The number of amides is 2. The maximum absolute atomic E-state index is 11.9. The van der Waals surface area contributed by atoms with Crippen molar-refractivity contribution in [1.29, 1.82) is 0 Å². The fourth-order valence-electron chi connectivity index (χ4n) is 1.79. The van der Waals surface area contributed by atoms with Crippen LogP contribution in [0.4, 0.5) is 0 Å². The molecule has 23 heavy (non-hydrogen) atoms. The van der Waals surface area contributed by atoms with Crippen molar-refractivity contribution in [3.05, 3.63) is 63.6 Å². The third kappa shape index (κ3) is 4.87. The molecule has 2 N–H and O–H groups in total. The topological polar surface area (TPSA) is 67.4 Å². The summed E-state index contributed by atoms with van der Waals surface area (Å²) in [7, 11) is 0. The summed E-state index contributed by atoms with van der Waals surface area (Å²) in [6, 6.07) is 11.7. The van der Waals surface area contributed by atoms with Crippen molar-refractivity contribution >= 4 is 35.0 Å². The first-order chi connectivity index (χ1) is 11.0. The Morgan fingerprint density at radius 1 is 1.09 bits per heavy atom. The minimum atomic E-state index is -0.516. The number of nitrogens with one attached hydrogen (secondary N) is 2. The number of benzene rings is 2. The zero-order valence-electron chi connectivity index (χ0n) is 12.2. The van der Waals surface area contributed by atoms with Crippen molar-refractivity contribution in [3.63, 3.8) is 0 Å². The van der Waals surface area contributed by atoms with Crippen molar-refractivity contribution in [2.24, 2.45) is 0 Å². The van der Waals surface area contributed by atoms with E-state index in [-0.39, 0.29) is 6.61 Å². The third-order valence-electron chi connectivity index (χ3n) is 2.96. The number of carbonyl (C=O) groups excluding carboxylic acids is 2. The van der Waals surface area contributed by atoms with Crippen molar-refractivity contribution in [1.82, 2.24) is 10.9 Å². The fraction of sp³-hybridized carbons (Fsp3) is 0.125. The lowest BCUT2D eigenvalue weighted by atomic mass is 10.1. The van der Waals surface area contributed by atoms with Gasteiger partial charge in [0.1, 0.15) is 5.75 Å². The fourth-order valence-corrected chi connectivity index (χ4v) is 2.26. The molecular weight excluding hydrogens is 339 g/mol. The zero-order chi connectivity index (χ0) is 16.8. The summed E-state index contributed by atoms with van der Waals surface area (Å²) >= 11 is 11.7. The van der Waals surface area contributed by atoms with Gasteiger partial charge in [-0.05, 0) is 36.8 Å². The first-order valence-electron chi connectivity index (χ1n) is 6.70. The quantitative estimate of drug-likeness (QED) is 0.830. The predicted octanol–water partition coefficient (Wildman–Crippen LogP) is 3.14. The molecule has 0 bridgehead atoms. The highest BCUT2D eigenvalue weighted by atomic mass is 35.5. The van der Waals surface area contributed by atoms with E-state index in [0.29, 0.717) is 21.4 Å². The van der Waals surface area contributed by atoms with Crippen LogP contribution in [-0.2, 0) is 4.79 Å². The molecule has 120 valence electrons. The Labute approximate surface area is 143 Å². The van der Waals surface area contributed by atoms with Gasteiger partial charge in [-0.3, -0.25) is 20.4 Å². The predicted molar refractivity (Wildman–Crippen MR) is 88.7 cm³/mol. The average molecular weight is 353 g/mol. The highest BCUT2D eigenvalue weighted by Crippen LogP contribution is 2.27. The maximum atomic E-state index is 11.9. The molecular formula is C16H14Cl2N2O3. The van der Waals surface area contributed by atoms with E-state index in [4.69, 9.17) is 27.9 Å². The molecule has 0 heterocycles. The van der Waals surface area contributed by atoms with E-state index in [0.717, 1.165) is 5.56 Å². The number of hydrogen-bond donors (Lipinski definition) is 2. The highest BCUT2D eigenvalue weighted by molar-refractivity contribution is 6.35. The van der Waals surface area contributed by atoms with E-state index in [1.807, 2.05) is 19.1 Å². The van der Waals surface area contributed by atoms with Gasteiger partial charge < -0.3 is 4.74 Å². The Morgan fingerprint density at radius 3 is 2.52 bits per heavy atom. The number of carbonyl (C=O) groups is 2. The lowest BCUT2D eigenvalue weighted by Crippen LogP contribution is -2.44. The van der Waals surface area contributed by atoms with Crippen LogP contribution in [0, 0.1) is 6.92 Å². The van der Waals surface area contributed by atoms with Crippen LogP contribution in [-0.4, -0.2) is 18.4 Å². The Hall–Kier alpha value is -2.24. The summed E-state index contributed by atoms with van der Waals surface area (Å²) in [5, 5.41) is 0.770. The van der Waals surface area contributed by atoms with Crippen LogP contribution in [0.1, 0.15) is 15.9 Å². The Morgan fingerprint density at radius 2 is 1.83 bits per heavy atom. The van der Waals surface area contributed by atoms with E-state index in [9.17, 15) is 9.59 Å². The molecule has 2 amide bonds. The highest BCUT2D eigenvalue weighted by Gasteiger charge is 2.10. The second kappa shape index (κ2) is 7.85. The minimum Gasteiger partial charge on any atom is -0.482 e. The van der Waals surface area contributed by atoms with Crippen LogP contribution in [0.5, 0.6) is 5.75 Å². The van der Waals surface area contributed by atoms with Gasteiger partial charge in [-0.1, -0.05) is 41.4 Å². The summed E-state index contributed by atoms with van der Waals surface area (Å²) < 4.78 is 5.26. The van der Waals surface area contributed by atoms with Crippen molar-refractivity contribution in [3.8, 4) is 5.75 Å². The first kappa shape index (κ1) is 17.1. The number of aryl methyl sites for hydroxylation is 1. The smallest absolute Gasteiger partial charge is 0.276 e. The molecule has 0 radical (unpaired) electrons. The zero-order valence-corrected chi connectivity index (χ0v) is 13.7. The molecule has 7 heteroatoms. The molecule has 0 fully saturated rings. The van der Waals surface area contributed by atoms with Gasteiger partial charge >= 0.3 is 0 Å². The van der Waals surface area contributed by atoms with Crippen molar-refractivity contribution in [2.75, 3.05) is 6.61 Å². The number of halogens is 2. The number of hydrazine groups is 1. The monoisotopic (exact) mass is 352 g/mol. The maximum Gasteiger partial charge on any atom is 0.276 e. The molecule has 0 saturated heterocycles. The summed E-state index contributed by atoms with van der Waals surface area (Å²) in [5.41, 5.74) is 5.89. The van der Waals surface area contributed by atoms with Gasteiger partial charge in [-0.25, -0.2) is 0 Å². The van der Waals surface area contributed by atoms with Gasteiger partial charge in [0.05, 0.1) is 5.02 Å². The molecule has 0 aliphatic rings. The molecule has 0 unspecified atom stereocenters. The standard InChI is InChI=1S/C16H14Cl2N2O3/c1-10-4-2-3-5-12(10)16(22)20-19-15(21)9-23-14-7-6-11(17)8-13(14)18/h2-8H,9H2,1H3,(H,19,21)(H,20,22). The summed E-state index contributed by atoms with van der Waals surface area (Å²) in [6.45, 7) is 1.51. The van der Waals surface area contributed by atoms with Crippen LogP contribution in [0.15, 0.2) is 42.5 Å². The largest absolute Gasteiger partial charge is 0.482 e. The number of rotatable bonds is 4. The Balaban J connectivity index is 1.83. The molecule has 5 nitrogen and oxygen atoms in total. The number of hydrogen-bond acceptors (Lipinski definition) is 3. The van der Waals surface area contributed by atoms with Gasteiger partial charge in [0.25, 0.3) is 11.8 Å². The summed E-state index contributed by atoms with van der Waals surface area (Å²) in [6.07, 6.45) is 0. The van der Waals surface area contributed by atoms with Crippen LogP contribution in [0.25, 0.3) is 0 Å². The molecule has 2 aromatic carbocycles. The molecule has 2 aromatic rings. The van der Waals surface area contributed by atoms with Gasteiger partial charge in [0.2, 0.25) is 0 Å². The van der Waals surface area contributed by atoms with E-state index in [2.05, 4.69) is 10.9 Å². The molecule has 0 aliphatic carbocycles. The second-order valence-electron chi connectivity index (χ2n) is 4.68. The van der Waals surface area contributed by atoms with E-state index in [1.54, 1.807) is 24.3 Å². The van der Waals surface area contributed by atoms with Crippen molar-refractivity contribution < 1.29 is 14.3 Å². The molecule has 0 aliphatic heterocycles. The van der Waals surface area contributed by atoms with Crippen LogP contribution < -0.4 is 15.6 Å². The lowest BCUT2D eigenvalue weighted by Gasteiger charge is -2.10. The molecule has 2 rings (SSSR count). The van der Waals surface area contributed by atoms with Gasteiger partial charge in [-0.2, -0.15) is 0 Å². The second-order valence-corrected chi connectivity index (χ2v) is 5.52. The molecule has 0 spiro atoms. The summed E-state index contributed by atoms with van der Waals surface area (Å²) in [4.78, 5) is 23.6. The molecule has 0 aromatic heterocycles. The SMILES string of the molecule is Cc1ccccc1C(=O)NNC(=O)COc1ccc(Cl)cc1Cl. The van der Waals surface area contributed by atoms with Crippen LogP contribution in [0.2, 0.25) is 10.0 Å². The molecule has 0 saturated carbocycles. The van der Waals surface area contributed by atoms with Gasteiger partial charge in [0, 0.05) is 10.6 Å². The van der Waals surface area contributed by atoms with E-state index < -0.39 is 11.8 Å². The Bertz CT molecular complexity index is 735. The van der Waals surface area contributed by atoms with Crippen LogP contribution >= 0.6 is 23.2 Å². The normalized spacial score (nSPS) is 10.0. The van der Waals surface area contributed by atoms with E-state index >= 15 is 0 Å². The van der Waals surface area contributed by atoms with Crippen molar-refractivity contribution in [2.45, 2.75) is 6.92 Å². The third-order valence-corrected chi connectivity index (χ3v) is 3.49. The summed E-state index contributed by atoms with van der Waals surface area (Å²) in [5.74, 6) is -0.588. The number of ether oxygens (including phenoxy) is 1. The average Bonchev–Trinajstić information content (AvgIpc) is 2.52. The van der Waals surface area contributed by atoms with Crippen LogP contribution in [0.3, 0.4) is 0 Å². The molecule has 0 atom stereocenters. The minimum absolute atomic E-state index is 0.296.